The van der Waals surface area contributed by atoms with Crippen molar-refractivity contribution in [3.63, 3.8) is 0 Å². The number of hydrogen-bond donors (Lipinski definition) is 1. The molecule has 58 valence electrons. The van der Waals surface area contributed by atoms with E-state index in [9.17, 15) is 9.59 Å². The lowest BCUT2D eigenvalue weighted by molar-refractivity contribution is 0.445. The molecule has 11 heavy (non-hydrogen) atoms. The maximum atomic E-state index is 10.8. The van der Waals surface area contributed by atoms with Crippen LogP contribution in [0.2, 0.25) is 0 Å². The third-order valence-corrected chi connectivity index (χ3v) is 2.21. The number of anilines is 1. The molecule has 0 aliphatic heterocycles. The van der Waals surface area contributed by atoms with E-state index in [1.807, 2.05) is 0 Å². The van der Waals surface area contributed by atoms with Crippen molar-refractivity contribution in [3.05, 3.63) is 26.5 Å². The Morgan fingerprint density at radius 3 is 2.45 bits per heavy atom. The van der Waals surface area contributed by atoms with E-state index < -0.39 is 0 Å². The molecule has 1 aromatic rings. The Hall–Kier alpha value is -1.12. The highest BCUT2D eigenvalue weighted by Gasteiger charge is 2.19. The maximum Gasteiger partial charge on any atom is 0.248 e. The Labute approximate surface area is 63.7 Å². The van der Waals surface area contributed by atoms with Crippen LogP contribution in [0.15, 0.2) is 15.7 Å². The molecule has 0 spiro atoms. The largest absolute Gasteiger partial charge is 0.379 e. The van der Waals surface area contributed by atoms with Crippen molar-refractivity contribution in [3.8, 4) is 0 Å². The van der Waals surface area contributed by atoms with E-state index in [-0.39, 0.29) is 10.9 Å². The van der Waals surface area contributed by atoms with Crippen LogP contribution in [0.1, 0.15) is 19.3 Å². The molecule has 0 amide bonds. The summed E-state index contributed by atoms with van der Waals surface area (Å²) in [5, 5.41) is 3.02. The molecule has 1 N–H and O–H groups in total. The standard InChI is InChI=1S/C8H9NO2/c10-7-4-6(8(7)11)9-5-2-1-3-5/h4-5,9H,1-3H2. The van der Waals surface area contributed by atoms with Gasteiger partial charge >= 0.3 is 0 Å². The van der Waals surface area contributed by atoms with Gasteiger partial charge in [-0.15, -0.1) is 0 Å². The minimum atomic E-state index is -0.369. The zero-order chi connectivity index (χ0) is 7.84. The van der Waals surface area contributed by atoms with Crippen LogP contribution < -0.4 is 16.2 Å². The van der Waals surface area contributed by atoms with Crippen LogP contribution in [0.4, 0.5) is 5.69 Å². The molecular formula is C8H9NO2. The molecule has 1 fully saturated rings. The highest BCUT2D eigenvalue weighted by atomic mass is 16.2. The van der Waals surface area contributed by atoms with Gasteiger partial charge in [0.25, 0.3) is 0 Å². The molecule has 0 saturated heterocycles. The minimum absolute atomic E-state index is 0.350. The van der Waals surface area contributed by atoms with Gasteiger partial charge in [-0.25, -0.2) is 0 Å². The third kappa shape index (κ3) is 0.964. The average molecular weight is 151 g/mol. The van der Waals surface area contributed by atoms with Gasteiger partial charge in [0.2, 0.25) is 10.9 Å². The lowest BCUT2D eigenvalue weighted by atomic mass is 9.93. The summed E-state index contributed by atoms with van der Waals surface area (Å²) in [6, 6.07) is 1.82. The van der Waals surface area contributed by atoms with Crippen LogP contribution in [-0.4, -0.2) is 6.04 Å². The molecule has 3 heteroatoms. The summed E-state index contributed by atoms with van der Waals surface area (Å²) < 4.78 is 0. The van der Waals surface area contributed by atoms with Crippen molar-refractivity contribution < 1.29 is 0 Å². The van der Waals surface area contributed by atoms with Gasteiger partial charge in [0.1, 0.15) is 0 Å². The van der Waals surface area contributed by atoms with Crippen molar-refractivity contribution in [2.24, 2.45) is 0 Å². The molecule has 0 unspecified atom stereocenters. The lowest BCUT2D eigenvalue weighted by Crippen LogP contribution is -2.37. The van der Waals surface area contributed by atoms with Gasteiger partial charge in [0.15, 0.2) is 0 Å². The fourth-order valence-electron chi connectivity index (χ4n) is 1.20. The van der Waals surface area contributed by atoms with Crippen LogP contribution in [0.5, 0.6) is 0 Å². The first kappa shape index (κ1) is 6.58. The Bertz CT molecular complexity index is 331. The molecule has 3 nitrogen and oxygen atoms in total. The highest BCUT2D eigenvalue weighted by molar-refractivity contribution is 5.48. The molecule has 0 heterocycles. The van der Waals surface area contributed by atoms with Crippen molar-refractivity contribution in [1.29, 1.82) is 0 Å². The minimum Gasteiger partial charge on any atom is -0.379 e. The van der Waals surface area contributed by atoms with E-state index in [0.29, 0.717) is 11.7 Å². The monoisotopic (exact) mass is 151 g/mol. The van der Waals surface area contributed by atoms with Gasteiger partial charge < -0.3 is 5.32 Å². The topological polar surface area (TPSA) is 46.2 Å². The van der Waals surface area contributed by atoms with E-state index in [1.54, 1.807) is 0 Å². The molecule has 0 aromatic heterocycles. The van der Waals surface area contributed by atoms with Crippen molar-refractivity contribution in [1.82, 2.24) is 0 Å². The maximum absolute atomic E-state index is 10.8. The average Bonchev–Trinajstić information content (AvgIpc) is 1.93. The SMILES string of the molecule is O=c1cc(NC2CCC2)c1=O. The Morgan fingerprint density at radius 2 is 2.09 bits per heavy atom. The van der Waals surface area contributed by atoms with Crippen molar-refractivity contribution >= 4 is 5.69 Å². The summed E-state index contributed by atoms with van der Waals surface area (Å²) >= 11 is 0. The molecule has 1 saturated carbocycles. The molecule has 0 radical (unpaired) electrons. The Morgan fingerprint density at radius 1 is 1.36 bits per heavy atom. The first-order valence-corrected chi connectivity index (χ1v) is 3.84. The summed E-state index contributed by atoms with van der Waals surface area (Å²) in [4.78, 5) is 21.2. The zero-order valence-corrected chi connectivity index (χ0v) is 6.09. The normalized spacial score (nSPS) is 18.2. The molecule has 0 atom stereocenters. The number of hydrogen-bond acceptors (Lipinski definition) is 3. The van der Waals surface area contributed by atoms with Crippen LogP contribution in [0.3, 0.4) is 0 Å². The van der Waals surface area contributed by atoms with E-state index >= 15 is 0 Å². The molecule has 2 rings (SSSR count). The predicted molar refractivity (Wildman–Crippen MR) is 42.6 cm³/mol. The van der Waals surface area contributed by atoms with Gasteiger partial charge in [-0.2, -0.15) is 0 Å². The molecule has 1 aromatic carbocycles. The molecule has 1 aliphatic carbocycles. The van der Waals surface area contributed by atoms with E-state index in [0.717, 1.165) is 12.8 Å². The van der Waals surface area contributed by atoms with E-state index in [1.165, 1.54) is 12.5 Å². The van der Waals surface area contributed by atoms with Crippen LogP contribution in [0, 0.1) is 0 Å². The molecule has 1 aliphatic rings. The second-order valence-corrected chi connectivity index (χ2v) is 3.02. The van der Waals surface area contributed by atoms with Gasteiger partial charge in [-0.05, 0) is 19.3 Å². The first-order valence-electron chi connectivity index (χ1n) is 3.84. The number of nitrogens with one attached hydrogen (secondary N) is 1. The van der Waals surface area contributed by atoms with Crippen LogP contribution >= 0.6 is 0 Å². The second kappa shape index (κ2) is 2.19. The van der Waals surface area contributed by atoms with Gasteiger partial charge in [-0.3, -0.25) is 9.59 Å². The highest BCUT2D eigenvalue weighted by Crippen LogP contribution is 2.21. The van der Waals surface area contributed by atoms with Crippen LogP contribution in [-0.2, 0) is 0 Å². The Kier molecular flexibility index (Phi) is 1.31. The molecular weight excluding hydrogens is 142 g/mol. The zero-order valence-electron chi connectivity index (χ0n) is 6.09. The summed E-state index contributed by atoms with van der Waals surface area (Å²) in [6.07, 6.45) is 3.48. The third-order valence-electron chi connectivity index (χ3n) is 2.21. The quantitative estimate of drug-likeness (QED) is 0.616. The first-order chi connectivity index (χ1) is 5.27. The Balaban J connectivity index is 2.03. The predicted octanol–water partition coefficient (Wildman–Crippen LogP) is 0.247. The van der Waals surface area contributed by atoms with Crippen molar-refractivity contribution in [2.45, 2.75) is 25.3 Å². The van der Waals surface area contributed by atoms with E-state index in [4.69, 9.17) is 0 Å². The molecule has 0 bridgehead atoms. The fourth-order valence-corrected chi connectivity index (χ4v) is 1.20. The lowest BCUT2D eigenvalue weighted by Gasteiger charge is -2.27. The van der Waals surface area contributed by atoms with Gasteiger partial charge in [0, 0.05) is 12.1 Å². The number of rotatable bonds is 2. The van der Waals surface area contributed by atoms with E-state index in [2.05, 4.69) is 5.32 Å². The van der Waals surface area contributed by atoms with Crippen LogP contribution in [0.25, 0.3) is 0 Å². The summed E-state index contributed by atoms with van der Waals surface area (Å²) in [6.45, 7) is 0. The fraction of sp³-hybridized carbons (Fsp3) is 0.500. The van der Waals surface area contributed by atoms with Gasteiger partial charge in [0.05, 0.1) is 5.69 Å². The summed E-state index contributed by atoms with van der Waals surface area (Å²) in [7, 11) is 0. The van der Waals surface area contributed by atoms with Gasteiger partial charge in [-0.1, -0.05) is 0 Å². The second-order valence-electron chi connectivity index (χ2n) is 3.02. The van der Waals surface area contributed by atoms with Crippen molar-refractivity contribution in [2.75, 3.05) is 5.32 Å². The summed E-state index contributed by atoms with van der Waals surface area (Å²) in [5.74, 6) is 0. The smallest absolute Gasteiger partial charge is 0.248 e. The summed E-state index contributed by atoms with van der Waals surface area (Å²) in [5.41, 5.74) is -0.205.